The zero-order valence-corrected chi connectivity index (χ0v) is 16.3. The molecule has 0 spiro atoms. The Morgan fingerprint density at radius 1 is 1.21 bits per heavy atom. The van der Waals surface area contributed by atoms with Gasteiger partial charge in [-0.2, -0.15) is 0 Å². The molecule has 0 saturated heterocycles. The van der Waals surface area contributed by atoms with Crippen molar-refractivity contribution in [1.29, 1.82) is 0 Å². The first-order valence-corrected chi connectivity index (χ1v) is 9.68. The quantitative estimate of drug-likeness (QED) is 0.516. The molecular weight excluding hydrogens is 387 g/mol. The van der Waals surface area contributed by atoms with Crippen molar-refractivity contribution in [2.45, 2.75) is 11.4 Å². The van der Waals surface area contributed by atoms with E-state index in [1.54, 1.807) is 16.7 Å². The molecule has 1 aromatic carbocycles. The fraction of sp³-hybridized carbons (Fsp3) is 0.222. The SMILES string of the molecule is CN(O)C(=O)c1cc2c(S(=O)(=O)N(C)C)cn(Cc3ccc(F)cc3)c2cn1. The molecular formula is C18H19FN4O4S. The fourth-order valence-electron chi connectivity index (χ4n) is 2.76. The van der Waals surface area contributed by atoms with Gasteiger partial charge in [0, 0.05) is 39.3 Å². The lowest BCUT2D eigenvalue weighted by atomic mass is 10.2. The molecule has 8 nitrogen and oxygen atoms in total. The number of rotatable bonds is 5. The molecule has 0 bridgehead atoms. The lowest BCUT2D eigenvalue weighted by Gasteiger charge is -2.10. The van der Waals surface area contributed by atoms with Crippen molar-refractivity contribution < 1.29 is 22.8 Å². The zero-order chi connectivity index (χ0) is 20.6. The molecule has 3 rings (SSSR count). The largest absolute Gasteiger partial charge is 0.340 e. The first kappa shape index (κ1) is 19.9. The van der Waals surface area contributed by atoms with Crippen LogP contribution in [0.15, 0.2) is 47.6 Å². The third-order valence-electron chi connectivity index (χ3n) is 4.27. The minimum atomic E-state index is -3.81. The molecule has 0 unspecified atom stereocenters. The fourth-order valence-corrected chi connectivity index (χ4v) is 3.85. The Bertz CT molecular complexity index is 1140. The van der Waals surface area contributed by atoms with Crippen LogP contribution in [0.5, 0.6) is 0 Å². The summed E-state index contributed by atoms with van der Waals surface area (Å²) in [6, 6.07) is 7.19. The Morgan fingerprint density at radius 2 is 1.86 bits per heavy atom. The van der Waals surface area contributed by atoms with Gasteiger partial charge in [0.2, 0.25) is 10.0 Å². The first-order chi connectivity index (χ1) is 13.1. The molecule has 10 heteroatoms. The Balaban J connectivity index is 2.20. The maximum absolute atomic E-state index is 13.2. The van der Waals surface area contributed by atoms with Gasteiger partial charge >= 0.3 is 0 Å². The summed E-state index contributed by atoms with van der Waals surface area (Å²) in [6.07, 6.45) is 2.84. The van der Waals surface area contributed by atoms with Crippen molar-refractivity contribution in [2.24, 2.45) is 0 Å². The Hall–Kier alpha value is -2.82. The molecule has 148 valence electrons. The van der Waals surface area contributed by atoms with Crippen LogP contribution < -0.4 is 0 Å². The van der Waals surface area contributed by atoms with Crippen molar-refractivity contribution >= 4 is 26.8 Å². The summed E-state index contributed by atoms with van der Waals surface area (Å²) in [5.41, 5.74) is 1.16. The van der Waals surface area contributed by atoms with Gasteiger partial charge in [0.25, 0.3) is 5.91 Å². The third kappa shape index (κ3) is 3.61. The van der Waals surface area contributed by atoms with Crippen molar-refractivity contribution in [3.05, 3.63) is 59.8 Å². The van der Waals surface area contributed by atoms with E-state index in [9.17, 15) is 22.8 Å². The Labute approximate surface area is 161 Å². The number of aromatic nitrogens is 2. The van der Waals surface area contributed by atoms with Gasteiger partial charge in [0.1, 0.15) is 16.4 Å². The number of carbonyl (C=O) groups excluding carboxylic acids is 1. The van der Waals surface area contributed by atoms with Gasteiger partial charge in [-0.3, -0.25) is 10.0 Å². The topological polar surface area (TPSA) is 95.7 Å². The minimum Gasteiger partial charge on any atom is -0.340 e. The van der Waals surface area contributed by atoms with Crippen LogP contribution in [0.25, 0.3) is 10.9 Å². The minimum absolute atomic E-state index is 0.00616. The lowest BCUT2D eigenvalue weighted by molar-refractivity contribution is -0.0379. The summed E-state index contributed by atoms with van der Waals surface area (Å²) < 4.78 is 41.4. The maximum atomic E-state index is 13.2. The zero-order valence-electron chi connectivity index (χ0n) is 15.5. The number of nitrogens with zero attached hydrogens (tertiary/aromatic N) is 4. The van der Waals surface area contributed by atoms with Crippen molar-refractivity contribution in [3.63, 3.8) is 0 Å². The number of carbonyl (C=O) groups is 1. The van der Waals surface area contributed by atoms with Gasteiger partial charge < -0.3 is 4.57 Å². The van der Waals surface area contributed by atoms with Crippen molar-refractivity contribution in [3.8, 4) is 0 Å². The normalized spacial score (nSPS) is 11.9. The molecule has 1 N–H and O–H groups in total. The lowest BCUT2D eigenvalue weighted by Crippen LogP contribution is -2.24. The number of fused-ring (bicyclic) bond motifs is 1. The number of halogens is 1. The molecule has 0 aliphatic rings. The average molecular weight is 406 g/mol. The van der Waals surface area contributed by atoms with Crippen molar-refractivity contribution in [2.75, 3.05) is 21.1 Å². The van der Waals surface area contributed by atoms with Crippen molar-refractivity contribution in [1.82, 2.24) is 18.9 Å². The summed E-state index contributed by atoms with van der Waals surface area (Å²) in [5, 5.41) is 10.0. The van der Waals surface area contributed by atoms with E-state index in [1.807, 2.05) is 0 Å². The molecule has 0 saturated carbocycles. The van der Waals surface area contributed by atoms with Gasteiger partial charge in [-0.25, -0.2) is 27.2 Å². The highest BCUT2D eigenvalue weighted by molar-refractivity contribution is 7.89. The van der Waals surface area contributed by atoms with Gasteiger partial charge in [-0.15, -0.1) is 0 Å². The van der Waals surface area contributed by atoms with E-state index in [1.165, 1.54) is 44.7 Å². The van der Waals surface area contributed by atoms with E-state index in [0.717, 1.165) is 16.9 Å². The molecule has 1 amide bonds. The molecule has 28 heavy (non-hydrogen) atoms. The van der Waals surface area contributed by atoms with Crippen LogP contribution in [0.2, 0.25) is 0 Å². The van der Waals surface area contributed by atoms with E-state index in [0.29, 0.717) is 16.0 Å². The summed E-state index contributed by atoms with van der Waals surface area (Å²) in [7, 11) is 0.171. The van der Waals surface area contributed by atoms with E-state index in [-0.39, 0.29) is 23.0 Å². The number of benzene rings is 1. The van der Waals surface area contributed by atoms with Crippen LogP contribution in [-0.2, 0) is 16.6 Å². The first-order valence-electron chi connectivity index (χ1n) is 8.24. The number of hydrogen-bond donors (Lipinski definition) is 1. The summed E-state index contributed by atoms with van der Waals surface area (Å²) in [4.78, 5) is 16.1. The summed E-state index contributed by atoms with van der Waals surface area (Å²) in [6.45, 7) is 0.286. The Morgan fingerprint density at radius 3 is 2.43 bits per heavy atom. The molecule has 0 aliphatic carbocycles. The van der Waals surface area contributed by atoms with Crippen LogP contribution in [-0.4, -0.2) is 59.6 Å². The van der Waals surface area contributed by atoms with Crippen LogP contribution in [0.4, 0.5) is 4.39 Å². The highest BCUT2D eigenvalue weighted by Crippen LogP contribution is 2.28. The van der Waals surface area contributed by atoms with Crippen LogP contribution >= 0.6 is 0 Å². The molecule has 0 aliphatic heterocycles. The summed E-state index contributed by atoms with van der Waals surface area (Å²) >= 11 is 0. The number of hydrogen-bond acceptors (Lipinski definition) is 5. The van der Waals surface area contributed by atoms with Crippen LogP contribution in [0, 0.1) is 5.82 Å². The molecule has 2 aromatic heterocycles. The molecule has 0 radical (unpaired) electrons. The van der Waals surface area contributed by atoms with Crippen LogP contribution in [0.3, 0.4) is 0 Å². The van der Waals surface area contributed by atoms with Crippen LogP contribution in [0.1, 0.15) is 16.1 Å². The second-order valence-electron chi connectivity index (χ2n) is 6.45. The predicted molar refractivity (Wildman–Crippen MR) is 100.0 cm³/mol. The smallest absolute Gasteiger partial charge is 0.295 e. The van der Waals surface area contributed by atoms with E-state index >= 15 is 0 Å². The third-order valence-corrected chi connectivity index (χ3v) is 6.11. The molecule has 0 fully saturated rings. The van der Waals surface area contributed by atoms with Gasteiger partial charge in [-0.05, 0) is 23.8 Å². The number of hydroxylamine groups is 2. The maximum Gasteiger partial charge on any atom is 0.295 e. The standard InChI is InChI=1S/C18H19FN4O4S/c1-21(2)28(26,27)17-11-23(10-12-4-6-13(19)7-5-12)16-9-20-15(8-14(16)17)18(24)22(3)25/h4-9,11,25H,10H2,1-3H3. The highest BCUT2D eigenvalue weighted by atomic mass is 32.2. The molecule has 0 atom stereocenters. The number of amides is 1. The Kier molecular flexibility index (Phi) is 5.20. The number of pyridine rings is 1. The van der Waals surface area contributed by atoms with Gasteiger partial charge in [-0.1, -0.05) is 12.1 Å². The predicted octanol–water partition coefficient (Wildman–Crippen LogP) is 1.94. The second kappa shape index (κ2) is 7.30. The monoisotopic (exact) mass is 406 g/mol. The van der Waals surface area contributed by atoms with Gasteiger partial charge in [0.15, 0.2) is 0 Å². The highest BCUT2D eigenvalue weighted by Gasteiger charge is 2.25. The second-order valence-corrected chi connectivity index (χ2v) is 8.57. The van der Waals surface area contributed by atoms with E-state index < -0.39 is 15.9 Å². The van der Waals surface area contributed by atoms with Gasteiger partial charge in [0.05, 0.1) is 11.7 Å². The van der Waals surface area contributed by atoms with E-state index in [2.05, 4.69) is 4.98 Å². The summed E-state index contributed by atoms with van der Waals surface area (Å²) in [5.74, 6) is -1.13. The molecule has 3 aromatic rings. The number of sulfonamides is 1. The van der Waals surface area contributed by atoms with E-state index in [4.69, 9.17) is 0 Å². The molecule has 2 heterocycles. The average Bonchev–Trinajstić information content (AvgIpc) is 3.01.